The molecule has 0 aliphatic carbocycles. The summed E-state index contributed by atoms with van der Waals surface area (Å²) < 4.78 is 5.78. The van der Waals surface area contributed by atoms with Crippen LogP contribution in [-0.2, 0) is 13.7 Å². The van der Waals surface area contributed by atoms with Gasteiger partial charge in [-0.3, -0.25) is 0 Å². The molecule has 1 atom stereocenters. The standard InChI is InChI=1S/C13H18ClN5O/c1-4-15-9(2)11-7-10(14)5-6-12(11)20-8-13-16-18-19(3)17-13/h5-7,9,15H,4,8H2,1-3H3. The summed E-state index contributed by atoms with van der Waals surface area (Å²) in [5.74, 6) is 1.32. The SMILES string of the molecule is CCNC(C)c1cc(Cl)ccc1OCc1nnn(C)n1. The monoisotopic (exact) mass is 295 g/mol. The molecular formula is C13H18ClN5O. The van der Waals surface area contributed by atoms with E-state index in [-0.39, 0.29) is 12.6 Å². The van der Waals surface area contributed by atoms with Crippen LogP contribution in [0.2, 0.25) is 5.02 Å². The van der Waals surface area contributed by atoms with Gasteiger partial charge in [-0.25, -0.2) is 0 Å². The maximum absolute atomic E-state index is 6.06. The van der Waals surface area contributed by atoms with E-state index in [1.807, 2.05) is 18.2 Å². The number of hydrogen-bond acceptors (Lipinski definition) is 5. The van der Waals surface area contributed by atoms with Gasteiger partial charge in [0.15, 0.2) is 6.61 Å². The van der Waals surface area contributed by atoms with Crippen LogP contribution in [0.25, 0.3) is 0 Å². The third-order valence-corrected chi connectivity index (χ3v) is 3.09. The average Bonchev–Trinajstić information content (AvgIpc) is 2.83. The molecule has 0 aliphatic heterocycles. The number of rotatable bonds is 6. The van der Waals surface area contributed by atoms with Crippen molar-refractivity contribution in [3.05, 3.63) is 34.6 Å². The molecular weight excluding hydrogens is 278 g/mol. The number of nitrogens with one attached hydrogen (secondary N) is 1. The van der Waals surface area contributed by atoms with E-state index in [9.17, 15) is 0 Å². The van der Waals surface area contributed by atoms with Gasteiger partial charge in [-0.05, 0) is 36.9 Å². The number of aryl methyl sites for hydroxylation is 1. The van der Waals surface area contributed by atoms with Gasteiger partial charge in [0.2, 0.25) is 5.82 Å². The highest BCUT2D eigenvalue weighted by Gasteiger charge is 2.12. The third-order valence-electron chi connectivity index (χ3n) is 2.86. The maximum Gasteiger partial charge on any atom is 0.212 e. The number of benzene rings is 1. The molecule has 0 amide bonds. The van der Waals surface area contributed by atoms with E-state index in [4.69, 9.17) is 16.3 Å². The number of aromatic nitrogens is 4. The molecule has 0 fully saturated rings. The first-order valence-electron chi connectivity index (χ1n) is 6.48. The summed E-state index contributed by atoms with van der Waals surface area (Å²) in [5.41, 5.74) is 1.02. The summed E-state index contributed by atoms with van der Waals surface area (Å²) in [4.78, 5) is 1.41. The number of ether oxygens (including phenoxy) is 1. The molecule has 1 aromatic carbocycles. The molecule has 1 aromatic heterocycles. The van der Waals surface area contributed by atoms with E-state index in [0.29, 0.717) is 10.8 Å². The Morgan fingerprint density at radius 2 is 2.25 bits per heavy atom. The summed E-state index contributed by atoms with van der Waals surface area (Å²) in [7, 11) is 1.72. The molecule has 2 aromatic rings. The van der Waals surface area contributed by atoms with Crippen LogP contribution in [-0.4, -0.2) is 26.8 Å². The minimum Gasteiger partial charge on any atom is -0.485 e. The summed E-state index contributed by atoms with van der Waals surface area (Å²) in [5, 5.41) is 15.8. The number of hydrogen-bond donors (Lipinski definition) is 1. The fraction of sp³-hybridized carbons (Fsp3) is 0.462. The van der Waals surface area contributed by atoms with Gasteiger partial charge in [0.05, 0.1) is 7.05 Å². The number of nitrogens with zero attached hydrogens (tertiary/aromatic N) is 4. The van der Waals surface area contributed by atoms with Crippen LogP contribution in [0, 0.1) is 0 Å². The van der Waals surface area contributed by atoms with Crippen molar-refractivity contribution in [2.45, 2.75) is 26.5 Å². The molecule has 1 N–H and O–H groups in total. The molecule has 0 aliphatic rings. The Bertz CT molecular complexity index is 572. The summed E-state index contributed by atoms with van der Waals surface area (Å²) in [6.07, 6.45) is 0. The van der Waals surface area contributed by atoms with Gasteiger partial charge in [0.1, 0.15) is 5.75 Å². The minimum absolute atomic E-state index is 0.156. The van der Waals surface area contributed by atoms with E-state index in [2.05, 4.69) is 34.6 Å². The van der Waals surface area contributed by atoms with Crippen LogP contribution in [0.3, 0.4) is 0 Å². The van der Waals surface area contributed by atoms with Gasteiger partial charge < -0.3 is 10.1 Å². The topological polar surface area (TPSA) is 64.9 Å². The fourth-order valence-corrected chi connectivity index (χ4v) is 2.11. The van der Waals surface area contributed by atoms with Crippen molar-refractivity contribution in [3.8, 4) is 5.75 Å². The number of tetrazole rings is 1. The Labute approximate surface area is 123 Å². The number of halogens is 1. The second-order valence-corrected chi connectivity index (χ2v) is 4.88. The fourth-order valence-electron chi connectivity index (χ4n) is 1.93. The summed E-state index contributed by atoms with van der Waals surface area (Å²) in [6, 6.07) is 5.74. The van der Waals surface area contributed by atoms with Crippen molar-refractivity contribution < 1.29 is 4.74 Å². The Hall–Kier alpha value is -1.66. The van der Waals surface area contributed by atoms with Crippen LogP contribution >= 0.6 is 11.6 Å². The smallest absolute Gasteiger partial charge is 0.212 e. The van der Waals surface area contributed by atoms with E-state index in [1.54, 1.807) is 7.05 Å². The third kappa shape index (κ3) is 3.68. The van der Waals surface area contributed by atoms with E-state index >= 15 is 0 Å². The van der Waals surface area contributed by atoms with Crippen LogP contribution in [0.1, 0.15) is 31.3 Å². The van der Waals surface area contributed by atoms with Gasteiger partial charge in [-0.15, -0.1) is 10.2 Å². The Morgan fingerprint density at radius 3 is 2.90 bits per heavy atom. The van der Waals surface area contributed by atoms with Gasteiger partial charge in [0, 0.05) is 16.6 Å². The normalized spacial score (nSPS) is 12.4. The first-order valence-corrected chi connectivity index (χ1v) is 6.86. The molecule has 0 spiro atoms. The maximum atomic E-state index is 6.06. The molecule has 0 radical (unpaired) electrons. The predicted octanol–water partition coefficient (Wildman–Crippen LogP) is 2.11. The Morgan fingerprint density at radius 1 is 1.45 bits per heavy atom. The van der Waals surface area contributed by atoms with Crippen molar-refractivity contribution in [1.82, 2.24) is 25.5 Å². The molecule has 6 nitrogen and oxygen atoms in total. The molecule has 0 saturated heterocycles. The molecule has 1 unspecified atom stereocenters. The van der Waals surface area contributed by atoms with Crippen molar-refractivity contribution in [1.29, 1.82) is 0 Å². The van der Waals surface area contributed by atoms with E-state index in [0.717, 1.165) is 17.9 Å². The molecule has 7 heteroatoms. The highest BCUT2D eigenvalue weighted by Crippen LogP contribution is 2.28. The zero-order valence-corrected chi connectivity index (χ0v) is 12.6. The Balaban J connectivity index is 2.13. The van der Waals surface area contributed by atoms with Crippen molar-refractivity contribution >= 4 is 11.6 Å². The van der Waals surface area contributed by atoms with Gasteiger partial charge >= 0.3 is 0 Å². The van der Waals surface area contributed by atoms with Crippen molar-refractivity contribution in [2.75, 3.05) is 6.54 Å². The zero-order chi connectivity index (χ0) is 14.5. The van der Waals surface area contributed by atoms with Gasteiger partial charge in [-0.2, -0.15) is 4.80 Å². The molecule has 0 saturated carbocycles. The first-order chi connectivity index (χ1) is 9.60. The average molecular weight is 296 g/mol. The predicted molar refractivity (Wildman–Crippen MR) is 76.7 cm³/mol. The highest BCUT2D eigenvalue weighted by atomic mass is 35.5. The van der Waals surface area contributed by atoms with Crippen LogP contribution in [0.15, 0.2) is 18.2 Å². The largest absolute Gasteiger partial charge is 0.485 e. The molecule has 2 rings (SSSR count). The molecule has 0 bridgehead atoms. The van der Waals surface area contributed by atoms with Crippen LogP contribution < -0.4 is 10.1 Å². The van der Waals surface area contributed by atoms with Crippen molar-refractivity contribution in [2.24, 2.45) is 7.05 Å². The van der Waals surface area contributed by atoms with Gasteiger partial charge in [0.25, 0.3) is 0 Å². The first kappa shape index (κ1) is 14.7. The lowest BCUT2D eigenvalue weighted by atomic mass is 10.1. The summed E-state index contributed by atoms with van der Waals surface area (Å²) in [6.45, 7) is 5.29. The van der Waals surface area contributed by atoms with Crippen molar-refractivity contribution in [3.63, 3.8) is 0 Å². The minimum atomic E-state index is 0.156. The second-order valence-electron chi connectivity index (χ2n) is 4.45. The van der Waals surface area contributed by atoms with E-state index < -0.39 is 0 Å². The molecule has 1 heterocycles. The lowest BCUT2D eigenvalue weighted by Crippen LogP contribution is -2.18. The lowest BCUT2D eigenvalue weighted by molar-refractivity contribution is 0.289. The van der Waals surface area contributed by atoms with Crippen LogP contribution in [0.5, 0.6) is 5.75 Å². The lowest BCUT2D eigenvalue weighted by Gasteiger charge is -2.17. The van der Waals surface area contributed by atoms with Gasteiger partial charge in [-0.1, -0.05) is 18.5 Å². The molecule has 108 valence electrons. The Kier molecular flexibility index (Phi) is 4.92. The summed E-state index contributed by atoms with van der Waals surface area (Å²) >= 11 is 6.06. The quantitative estimate of drug-likeness (QED) is 0.884. The zero-order valence-electron chi connectivity index (χ0n) is 11.8. The second kappa shape index (κ2) is 6.67. The van der Waals surface area contributed by atoms with E-state index in [1.165, 1.54) is 4.80 Å². The highest BCUT2D eigenvalue weighted by molar-refractivity contribution is 6.30. The molecule has 20 heavy (non-hydrogen) atoms. The van der Waals surface area contributed by atoms with Crippen LogP contribution in [0.4, 0.5) is 0 Å².